The monoisotopic (exact) mass is 285 g/mol. The number of hydrogen-bond donors (Lipinski definition) is 2. The minimum Gasteiger partial charge on any atom is -0.396 e. The molecule has 2 rings (SSSR count). The zero-order valence-electron chi connectivity index (χ0n) is 10.7. The standard InChI is InChI=1S/C14H20ClNOS/c1-10(7-8-17)18-14-11(3-2-4-13(14)15)9-16-12-5-6-12/h2-4,10,12,16-17H,5-9H2,1H3. The number of halogens is 1. The summed E-state index contributed by atoms with van der Waals surface area (Å²) in [7, 11) is 0. The highest BCUT2D eigenvalue weighted by Crippen LogP contribution is 2.35. The molecular formula is C14H20ClNOS. The largest absolute Gasteiger partial charge is 0.396 e. The van der Waals surface area contributed by atoms with E-state index in [1.54, 1.807) is 11.8 Å². The zero-order valence-corrected chi connectivity index (χ0v) is 12.2. The molecule has 1 aromatic rings. The zero-order chi connectivity index (χ0) is 13.0. The molecule has 1 saturated carbocycles. The fraction of sp³-hybridized carbons (Fsp3) is 0.571. The van der Waals surface area contributed by atoms with Crippen molar-refractivity contribution >= 4 is 23.4 Å². The van der Waals surface area contributed by atoms with Gasteiger partial charge in [-0.25, -0.2) is 0 Å². The molecule has 1 aromatic carbocycles. The molecular weight excluding hydrogens is 266 g/mol. The van der Waals surface area contributed by atoms with Crippen LogP contribution >= 0.6 is 23.4 Å². The molecule has 100 valence electrons. The smallest absolute Gasteiger partial charge is 0.0545 e. The lowest BCUT2D eigenvalue weighted by Gasteiger charge is -2.15. The van der Waals surface area contributed by atoms with E-state index < -0.39 is 0 Å². The highest BCUT2D eigenvalue weighted by molar-refractivity contribution is 8.00. The van der Waals surface area contributed by atoms with Crippen LogP contribution < -0.4 is 5.32 Å². The van der Waals surface area contributed by atoms with Crippen molar-refractivity contribution < 1.29 is 5.11 Å². The van der Waals surface area contributed by atoms with Crippen LogP contribution in [0, 0.1) is 0 Å². The first-order chi connectivity index (χ1) is 8.70. The van der Waals surface area contributed by atoms with Gasteiger partial charge in [0.1, 0.15) is 0 Å². The van der Waals surface area contributed by atoms with Crippen LogP contribution in [0.2, 0.25) is 5.02 Å². The van der Waals surface area contributed by atoms with Gasteiger partial charge < -0.3 is 10.4 Å². The number of aliphatic hydroxyl groups excluding tert-OH is 1. The first-order valence-electron chi connectivity index (χ1n) is 6.49. The molecule has 1 aliphatic rings. The van der Waals surface area contributed by atoms with E-state index in [4.69, 9.17) is 16.7 Å². The maximum Gasteiger partial charge on any atom is 0.0545 e. The van der Waals surface area contributed by atoms with Crippen molar-refractivity contribution in [2.45, 2.75) is 48.9 Å². The minimum absolute atomic E-state index is 0.230. The Bertz CT molecular complexity index is 395. The van der Waals surface area contributed by atoms with Crippen LogP contribution in [0.5, 0.6) is 0 Å². The predicted molar refractivity (Wildman–Crippen MR) is 78.3 cm³/mol. The molecule has 18 heavy (non-hydrogen) atoms. The number of nitrogens with one attached hydrogen (secondary N) is 1. The lowest BCUT2D eigenvalue weighted by Crippen LogP contribution is -2.16. The number of aliphatic hydroxyl groups is 1. The van der Waals surface area contributed by atoms with E-state index in [0.29, 0.717) is 11.3 Å². The summed E-state index contributed by atoms with van der Waals surface area (Å²) in [4.78, 5) is 1.16. The maximum atomic E-state index is 8.98. The normalized spacial score (nSPS) is 16.8. The second kappa shape index (κ2) is 6.80. The van der Waals surface area contributed by atoms with E-state index in [1.165, 1.54) is 18.4 Å². The van der Waals surface area contributed by atoms with Crippen LogP contribution in [0.25, 0.3) is 0 Å². The average Bonchev–Trinajstić information content (AvgIpc) is 3.14. The molecule has 0 radical (unpaired) electrons. The van der Waals surface area contributed by atoms with E-state index in [-0.39, 0.29) is 6.61 Å². The van der Waals surface area contributed by atoms with E-state index >= 15 is 0 Å². The Balaban J connectivity index is 2.04. The Labute approximate surface area is 118 Å². The molecule has 0 saturated heterocycles. The van der Waals surface area contributed by atoms with E-state index in [9.17, 15) is 0 Å². The summed E-state index contributed by atoms with van der Waals surface area (Å²) in [5.41, 5.74) is 1.27. The summed E-state index contributed by atoms with van der Waals surface area (Å²) >= 11 is 8.05. The molecule has 0 heterocycles. The van der Waals surface area contributed by atoms with Gasteiger partial charge in [0, 0.05) is 29.3 Å². The van der Waals surface area contributed by atoms with Crippen LogP contribution in [0.4, 0.5) is 0 Å². The highest BCUT2D eigenvalue weighted by atomic mass is 35.5. The molecule has 0 spiro atoms. The summed E-state index contributed by atoms with van der Waals surface area (Å²) < 4.78 is 0. The fourth-order valence-corrected chi connectivity index (χ4v) is 3.23. The van der Waals surface area contributed by atoms with Gasteiger partial charge in [-0.05, 0) is 30.9 Å². The Morgan fingerprint density at radius 3 is 2.94 bits per heavy atom. The summed E-state index contributed by atoms with van der Waals surface area (Å²) in [6.45, 7) is 3.25. The van der Waals surface area contributed by atoms with Crippen LogP contribution in [-0.4, -0.2) is 23.0 Å². The third-order valence-electron chi connectivity index (χ3n) is 3.06. The SMILES string of the molecule is CC(CCO)Sc1c(Cl)cccc1CNC1CC1. The molecule has 4 heteroatoms. The van der Waals surface area contributed by atoms with Gasteiger partial charge >= 0.3 is 0 Å². The van der Waals surface area contributed by atoms with Gasteiger partial charge in [0.15, 0.2) is 0 Å². The van der Waals surface area contributed by atoms with E-state index in [1.807, 2.05) is 12.1 Å². The van der Waals surface area contributed by atoms with E-state index in [0.717, 1.165) is 22.9 Å². The van der Waals surface area contributed by atoms with Gasteiger partial charge in [0.2, 0.25) is 0 Å². The first-order valence-corrected chi connectivity index (χ1v) is 7.74. The molecule has 1 aliphatic carbocycles. The summed E-state index contributed by atoms with van der Waals surface area (Å²) in [6, 6.07) is 6.79. The molecule has 0 aliphatic heterocycles. The van der Waals surface area contributed by atoms with Gasteiger partial charge in [-0.1, -0.05) is 30.7 Å². The van der Waals surface area contributed by atoms with Crippen molar-refractivity contribution in [2.24, 2.45) is 0 Å². The Morgan fingerprint density at radius 2 is 2.28 bits per heavy atom. The van der Waals surface area contributed by atoms with Gasteiger partial charge in [0.25, 0.3) is 0 Å². The third kappa shape index (κ3) is 4.16. The van der Waals surface area contributed by atoms with Crippen LogP contribution in [-0.2, 0) is 6.54 Å². The fourth-order valence-electron chi connectivity index (χ4n) is 1.81. The number of hydrogen-bond acceptors (Lipinski definition) is 3. The topological polar surface area (TPSA) is 32.3 Å². The van der Waals surface area contributed by atoms with Crippen molar-refractivity contribution in [3.8, 4) is 0 Å². The van der Waals surface area contributed by atoms with E-state index in [2.05, 4.69) is 18.3 Å². The molecule has 0 amide bonds. The number of rotatable bonds is 7. The Hall–Kier alpha value is -0.220. The molecule has 2 nitrogen and oxygen atoms in total. The molecule has 1 atom stereocenters. The lowest BCUT2D eigenvalue weighted by atomic mass is 10.2. The average molecular weight is 286 g/mol. The van der Waals surface area contributed by atoms with Crippen molar-refractivity contribution in [2.75, 3.05) is 6.61 Å². The summed E-state index contributed by atoms with van der Waals surface area (Å²) in [6.07, 6.45) is 3.39. The third-order valence-corrected chi connectivity index (χ3v) is 4.84. The molecule has 1 unspecified atom stereocenters. The number of thioether (sulfide) groups is 1. The quantitative estimate of drug-likeness (QED) is 0.753. The van der Waals surface area contributed by atoms with Gasteiger partial charge in [0.05, 0.1) is 5.02 Å². The first kappa shape index (κ1) is 14.2. The minimum atomic E-state index is 0.230. The van der Waals surface area contributed by atoms with Gasteiger partial charge in [-0.2, -0.15) is 0 Å². The molecule has 0 bridgehead atoms. The summed E-state index contributed by atoms with van der Waals surface area (Å²) in [5.74, 6) is 0. The predicted octanol–water partition coefficient (Wildman–Crippen LogP) is 3.46. The van der Waals surface area contributed by atoms with Crippen LogP contribution in [0.15, 0.2) is 23.1 Å². The second-order valence-electron chi connectivity index (χ2n) is 4.82. The number of benzene rings is 1. The van der Waals surface area contributed by atoms with Crippen LogP contribution in [0.3, 0.4) is 0 Å². The van der Waals surface area contributed by atoms with Crippen LogP contribution in [0.1, 0.15) is 31.7 Å². The lowest BCUT2D eigenvalue weighted by molar-refractivity contribution is 0.289. The molecule has 1 fully saturated rings. The molecule has 0 aromatic heterocycles. The van der Waals surface area contributed by atoms with Gasteiger partial charge in [-0.15, -0.1) is 11.8 Å². The van der Waals surface area contributed by atoms with Crippen molar-refractivity contribution in [1.82, 2.24) is 5.32 Å². The van der Waals surface area contributed by atoms with Gasteiger partial charge in [-0.3, -0.25) is 0 Å². The van der Waals surface area contributed by atoms with Crippen molar-refractivity contribution in [3.63, 3.8) is 0 Å². The highest BCUT2D eigenvalue weighted by Gasteiger charge is 2.21. The Morgan fingerprint density at radius 1 is 1.50 bits per heavy atom. The molecule has 2 N–H and O–H groups in total. The Kier molecular flexibility index (Phi) is 5.37. The van der Waals surface area contributed by atoms with Crippen molar-refractivity contribution in [1.29, 1.82) is 0 Å². The van der Waals surface area contributed by atoms with Crippen molar-refractivity contribution in [3.05, 3.63) is 28.8 Å². The second-order valence-corrected chi connectivity index (χ2v) is 6.68. The maximum absolute atomic E-state index is 8.98. The summed E-state index contributed by atoms with van der Waals surface area (Å²) in [5, 5.41) is 13.7.